The van der Waals surface area contributed by atoms with Crippen LogP contribution in [0.15, 0.2) is 48.5 Å². The number of esters is 1. The van der Waals surface area contributed by atoms with E-state index in [2.05, 4.69) is 5.32 Å². The Kier molecular flexibility index (Phi) is 9.53. The molecular weight excluding hydrogens is 502 g/mol. The molecule has 2 N–H and O–H groups in total. The van der Waals surface area contributed by atoms with E-state index in [1.807, 2.05) is 49.4 Å². The monoisotopic (exact) mass is 533 g/mol. The van der Waals surface area contributed by atoms with Gasteiger partial charge in [-0.05, 0) is 54.7 Å². The number of thioether (sulfide) groups is 1. The summed E-state index contributed by atoms with van der Waals surface area (Å²) in [5, 5.41) is 12.3. The number of nitrogens with one attached hydrogen (secondary N) is 1. The average Bonchev–Trinajstić information content (AvgIpc) is 3.51. The number of aliphatic hydroxyl groups is 1. The normalized spacial score (nSPS) is 21.7. The van der Waals surface area contributed by atoms with E-state index in [4.69, 9.17) is 25.8 Å². The molecule has 1 aliphatic carbocycles. The Morgan fingerprint density at radius 2 is 1.94 bits per heavy atom. The first-order valence-electron chi connectivity index (χ1n) is 12.4. The number of aliphatic hydroxyl groups excluding tert-OH is 1. The number of halogens is 1. The number of carbonyl (C=O) groups excluding carboxylic acids is 2. The summed E-state index contributed by atoms with van der Waals surface area (Å²) in [5.74, 6) is 0.253. The Bertz CT molecular complexity index is 1030. The van der Waals surface area contributed by atoms with Crippen molar-refractivity contribution in [1.29, 1.82) is 0 Å². The van der Waals surface area contributed by atoms with Gasteiger partial charge in [-0.3, -0.25) is 9.59 Å². The predicted molar refractivity (Wildman–Crippen MR) is 139 cm³/mol. The lowest BCUT2D eigenvalue weighted by Gasteiger charge is -2.25. The first-order valence-corrected chi connectivity index (χ1v) is 13.7. The fourth-order valence-electron chi connectivity index (χ4n) is 4.41. The van der Waals surface area contributed by atoms with Crippen molar-refractivity contribution < 1.29 is 28.9 Å². The Hall–Kier alpha value is -2.26. The molecule has 1 saturated carbocycles. The van der Waals surface area contributed by atoms with Crippen LogP contribution < -0.4 is 10.1 Å². The molecule has 1 aliphatic heterocycles. The Morgan fingerprint density at radius 3 is 2.58 bits per heavy atom. The molecule has 36 heavy (non-hydrogen) atoms. The van der Waals surface area contributed by atoms with Gasteiger partial charge in [0.25, 0.3) is 0 Å². The largest absolute Gasteiger partial charge is 0.491 e. The molecule has 7 nitrogen and oxygen atoms in total. The summed E-state index contributed by atoms with van der Waals surface area (Å²) in [7, 11) is 0. The number of carbonyl (C=O) groups is 2. The van der Waals surface area contributed by atoms with E-state index in [1.165, 1.54) is 11.8 Å². The molecule has 0 radical (unpaired) electrons. The molecule has 2 aliphatic rings. The van der Waals surface area contributed by atoms with Crippen LogP contribution in [0, 0.1) is 5.92 Å². The fourth-order valence-corrected chi connectivity index (χ4v) is 5.59. The van der Waals surface area contributed by atoms with Gasteiger partial charge in [0.2, 0.25) is 12.2 Å². The predicted octanol–water partition coefficient (Wildman–Crippen LogP) is 5.00. The average molecular weight is 534 g/mol. The van der Waals surface area contributed by atoms with Crippen LogP contribution in [0.1, 0.15) is 56.3 Å². The maximum atomic E-state index is 12.6. The summed E-state index contributed by atoms with van der Waals surface area (Å²) in [6.45, 7) is 2.12. The second-order valence-corrected chi connectivity index (χ2v) is 10.8. The minimum absolute atomic E-state index is 0.0426. The first-order chi connectivity index (χ1) is 17.4. The molecule has 0 bridgehead atoms. The molecule has 9 heteroatoms. The lowest BCUT2D eigenvalue weighted by atomic mass is 10.1. The van der Waals surface area contributed by atoms with Crippen molar-refractivity contribution in [2.24, 2.45) is 5.92 Å². The molecule has 4 atom stereocenters. The van der Waals surface area contributed by atoms with Crippen molar-refractivity contribution in [2.45, 2.75) is 68.7 Å². The van der Waals surface area contributed by atoms with Crippen molar-refractivity contribution in [1.82, 2.24) is 5.32 Å². The van der Waals surface area contributed by atoms with Gasteiger partial charge in [0.05, 0.1) is 11.2 Å². The molecule has 1 amide bonds. The van der Waals surface area contributed by atoms with Crippen molar-refractivity contribution >= 4 is 35.2 Å². The van der Waals surface area contributed by atoms with Gasteiger partial charge in [-0.25, -0.2) is 0 Å². The second kappa shape index (κ2) is 12.8. The van der Waals surface area contributed by atoms with E-state index in [0.717, 1.165) is 36.8 Å². The van der Waals surface area contributed by atoms with E-state index < -0.39 is 18.0 Å². The summed E-state index contributed by atoms with van der Waals surface area (Å²) < 4.78 is 18.0. The highest BCUT2D eigenvalue weighted by atomic mass is 35.5. The van der Waals surface area contributed by atoms with Gasteiger partial charge in [0, 0.05) is 11.4 Å². The van der Waals surface area contributed by atoms with Crippen molar-refractivity contribution in [3.05, 3.63) is 64.7 Å². The molecular formula is C27H32ClNO6S. The summed E-state index contributed by atoms with van der Waals surface area (Å²) in [5.41, 5.74) is 0.951. The van der Waals surface area contributed by atoms with Crippen molar-refractivity contribution in [3.8, 4) is 5.75 Å². The number of hydrogen-bond acceptors (Lipinski definition) is 7. The molecule has 4 unspecified atom stereocenters. The summed E-state index contributed by atoms with van der Waals surface area (Å²) in [6.07, 6.45) is 3.72. The molecule has 0 aromatic heterocycles. The molecule has 1 saturated heterocycles. The smallest absolute Gasteiger partial charge is 0.311 e. The highest BCUT2D eigenvalue weighted by Gasteiger charge is 2.31. The zero-order valence-corrected chi connectivity index (χ0v) is 21.8. The topological polar surface area (TPSA) is 94.1 Å². The second-order valence-electron chi connectivity index (χ2n) is 9.08. The van der Waals surface area contributed by atoms with Crippen LogP contribution in [0.25, 0.3) is 0 Å². The van der Waals surface area contributed by atoms with E-state index >= 15 is 0 Å². The lowest BCUT2D eigenvalue weighted by Crippen LogP contribution is -2.28. The van der Waals surface area contributed by atoms with Crippen LogP contribution in [0.4, 0.5) is 0 Å². The summed E-state index contributed by atoms with van der Waals surface area (Å²) >= 11 is 7.43. The molecule has 2 fully saturated rings. The summed E-state index contributed by atoms with van der Waals surface area (Å²) in [6, 6.07) is 14.9. The Morgan fingerprint density at radius 1 is 1.19 bits per heavy atom. The third kappa shape index (κ3) is 7.38. The number of amides is 1. The zero-order chi connectivity index (χ0) is 25.5. The van der Waals surface area contributed by atoms with Gasteiger partial charge < -0.3 is 24.6 Å². The third-order valence-corrected chi connectivity index (χ3v) is 7.72. The van der Waals surface area contributed by atoms with Crippen LogP contribution in [0.5, 0.6) is 5.75 Å². The Labute approximate surface area is 220 Å². The Balaban J connectivity index is 1.38. The minimum atomic E-state index is -0.849. The molecule has 194 valence electrons. The van der Waals surface area contributed by atoms with Crippen LogP contribution in [0.3, 0.4) is 0 Å². The maximum absolute atomic E-state index is 12.6. The van der Waals surface area contributed by atoms with E-state index in [-0.39, 0.29) is 29.7 Å². The van der Waals surface area contributed by atoms with Crippen molar-refractivity contribution in [2.75, 3.05) is 6.61 Å². The standard InChI is InChI=1S/C27H32ClNO6S/c1-2-24(35-26(31)18-6-3-4-7-18)34-22(19-8-5-9-20(28)15-19)16-33-21-12-10-17(11-13-21)14-23-25(30)29-27(32)36-23/h5,8-13,15,18,22-24,27,32H,2-4,6-7,14,16H2,1H3,(H,29,30). The zero-order valence-electron chi connectivity index (χ0n) is 20.2. The number of rotatable bonds is 11. The highest BCUT2D eigenvalue weighted by molar-refractivity contribution is 8.01. The molecule has 0 spiro atoms. The van der Waals surface area contributed by atoms with Gasteiger partial charge in [0.1, 0.15) is 18.5 Å². The number of ether oxygens (including phenoxy) is 3. The molecule has 4 rings (SSSR count). The highest BCUT2D eigenvalue weighted by Crippen LogP contribution is 2.29. The number of hydrogen-bond donors (Lipinski definition) is 2. The quantitative estimate of drug-likeness (QED) is 0.310. The van der Waals surface area contributed by atoms with Crippen molar-refractivity contribution in [3.63, 3.8) is 0 Å². The maximum Gasteiger partial charge on any atom is 0.311 e. The molecule has 1 heterocycles. The van der Waals surface area contributed by atoms with E-state index in [1.54, 1.807) is 6.07 Å². The fraction of sp³-hybridized carbons (Fsp3) is 0.481. The van der Waals surface area contributed by atoms with E-state index in [0.29, 0.717) is 23.6 Å². The van der Waals surface area contributed by atoms with Gasteiger partial charge in [-0.2, -0.15) is 0 Å². The van der Waals surface area contributed by atoms with Gasteiger partial charge >= 0.3 is 5.97 Å². The van der Waals surface area contributed by atoms with Crippen LogP contribution in [-0.4, -0.2) is 40.7 Å². The molecule has 2 aromatic carbocycles. The van der Waals surface area contributed by atoms with Crippen LogP contribution in [0.2, 0.25) is 5.02 Å². The SMILES string of the molecule is CCC(OC(=O)C1CCCC1)OC(COc1ccc(CC2SC(O)NC2=O)cc1)c1cccc(Cl)c1. The van der Waals surface area contributed by atoms with Crippen LogP contribution in [-0.2, 0) is 25.5 Å². The van der Waals surface area contributed by atoms with Gasteiger partial charge in [-0.1, -0.05) is 67.4 Å². The van der Waals surface area contributed by atoms with Gasteiger partial charge in [-0.15, -0.1) is 0 Å². The van der Waals surface area contributed by atoms with Crippen LogP contribution >= 0.6 is 23.4 Å². The lowest BCUT2D eigenvalue weighted by molar-refractivity contribution is -0.198. The van der Waals surface area contributed by atoms with Gasteiger partial charge in [0.15, 0.2) is 5.56 Å². The first kappa shape index (κ1) is 26.8. The summed E-state index contributed by atoms with van der Waals surface area (Å²) in [4.78, 5) is 24.4. The minimum Gasteiger partial charge on any atom is -0.491 e. The van der Waals surface area contributed by atoms with E-state index in [9.17, 15) is 14.7 Å². The molecule has 2 aromatic rings. The third-order valence-electron chi connectivity index (χ3n) is 6.40. The number of benzene rings is 2.